The summed E-state index contributed by atoms with van der Waals surface area (Å²) in [6.07, 6.45) is 5.10. The topological polar surface area (TPSA) is 93.9 Å². The normalized spacial score (nSPS) is 11.2. The Morgan fingerprint density at radius 2 is 2.08 bits per heavy atom. The number of rotatable bonds is 3. The summed E-state index contributed by atoms with van der Waals surface area (Å²) in [6, 6.07) is 5.49. The predicted octanol–water partition coefficient (Wildman–Crippen LogP) is 3.85. The first-order valence-electron chi connectivity index (χ1n) is 7.90. The molecule has 0 aliphatic heterocycles. The number of aromatic nitrogens is 3. The molecule has 3 aromatic heterocycles. The first-order valence-corrected chi connectivity index (χ1v) is 8.28. The summed E-state index contributed by atoms with van der Waals surface area (Å²) >= 11 is 6.50. The molecule has 4 rings (SSSR count). The number of halogens is 1. The van der Waals surface area contributed by atoms with Crippen LogP contribution in [0.25, 0.3) is 32.9 Å². The van der Waals surface area contributed by atoms with Crippen molar-refractivity contribution in [3.05, 3.63) is 53.1 Å². The molecule has 0 fully saturated rings. The maximum Gasteiger partial charge on any atom is 0.251 e. The van der Waals surface area contributed by atoms with Gasteiger partial charge in [-0.15, -0.1) is 0 Å². The fourth-order valence-electron chi connectivity index (χ4n) is 3.38. The number of primary amides is 1. The number of fused-ring (bicyclic) bond motifs is 3. The van der Waals surface area contributed by atoms with Crippen LogP contribution in [0.1, 0.15) is 16.1 Å². The Hall–Kier alpha value is -3.12. The second kappa shape index (κ2) is 6.00. The highest BCUT2D eigenvalue weighted by atomic mass is 35.5. The van der Waals surface area contributed by atoms with E-state index in [-0.39, 0.29) is 0 Å². The largest absolute Gasteiger partial charge is 0.494 e. The Morgan fingerprint density at radius 1 is 1.27 bits per heavy atom. The van der Waals surface area contributed by atoms with E-state index in [4.69, 9.17) is 22.1 Å². The predicted molar refractivity (Wildman–Crippen MR) is 102 cm³/mol. The Bertz CT molecular complexity index is 1180. The lowest BCUT2D eigenvalue weighted by molar-refractivity contribution is 0.1000. The van der Waals surface area contributed by atoms with Crippen LogP contribution in [0.3, 0.4) is 0 Å². The van der Waals surface area contributed by atoms with Gasteiger partial charge in [0, 0.05) is 28.7 Å². The maximum atomic E-state index is 12.1. The molecule has 0 unspecified atom stereocenters. The zero-order valence-corrected chi connectivity index (χ0v) is 14.9. The number of ether oxygens (including phenoxy) is 1. The summed E-state index contributed by atoms with van der Waals surface area (Å²) in [7, 11) is 1.54. The van der Waals surface area contributed by atoms with Crippen molar-refractivity contribution in [1.29, 1.82) is 0 Å². The molecule has 0 bridgehead atoms. The molecule has 1 aromatic carbocycles. The standard InChI is InChI=1S/C19H15ClN4O2/c1-9-15(19(21)25)11(4-6-23-9)16-17-12(7-13(20)18(16)26-2)10-3-5-22-8-14(10)24-17/h3-8,24H,1-2H3,(H2,21,25). The fourth-order valence-corrected chi connectivity index (χ4v) is 3.66. The number of benzene rings is 1. The van der Waals surface area contributed by atoms with Gasteiger partial charge in [-0.3, -0.25) is 14.8 Å². The number of carbonyl (C=O) groups excluding carboxylic acids is 1. The van der Waals surface area contributed by atoms with Crippen LogP contribution in [-0.4, -0.2) is 28.0 Å². The van der Waals surface area contributed by atoms with Gasteiger partial charge in [0.1, 0.15) is 5.75 Å². The molecule has 0 saturated heterocycles. The lowest BCUT2D eigenvalue weighted by Crippen LogP contribution is -2.15. The van der Waals surface area contributed by atoms with Crippen LogP contribution in [0, 0.1) is 6.92 Å². The van der Waals surface area contributed by atoms with Gasteiger partial charge in [-0.05, 0) is 25.1 Å². The van der Waals surface area contributed by atoms with E-state index in [0.29, 0.717) is 33.2 Å². The van der Waals surface area contributed by atoms with E-state index in [1.165, 1.54) is 0 Å². The summed E-state index contributed by atoms with van der Waals surface area (Å²) in [6.45, 7) is 1.74. The molecule has 3 heterocycles. The first-order chi connectivity index (χ1) is 12.5. The monoisotopic (exact) mass is 366 g/mol. The van der Waals surface area contributed by atoms with E-state index in [0.717, 1.165) is 21.8 Å². The number of aromatic amines is 1. The number of hydrogen-bond acceptors (Lipinski definition) is 4. The van der Waals surface area contributed by atoms with Gasteiger partial charge >= 0.3 is 0 Å². The van der Waals surface area contributed by atoms with Crippen LogP contribution in [-0.2, 0) is 0 Å². The van der Waals surface area contributed by atoms with Crippen LogP contribution in [0.4, 0.5) is 0 Å². The second-order valence-corrected chi connectivity index (χ2v) is 6.33. The van der Waals surface area contributed by atoms with Crippen molar-refractivity contribution in [2.45, 2.75) is 6.92 Å². The van der Waals surface area contributed by atoms with E-state index in [1.54, 1.807) is 38.7 Å². The van der Waals surface area contributed by atoms with Crippen LogP contribution in [0.15, 0.2) is 36.8 Å². The van der Waals surface area contributed by atoms with Crippen molar-refractivity contribution < 1.29 is 9.53 Å². The zero-order chi connectivity index (χ0) is 18.4. The molecule has 0 spiro atoms. The van der Waals surface area contributed by atoms with Gasteiger partial charge in [0.2, 0.25) is 0 Å². The molecule has 3 N–H and O–H groups in total. The number of methoxy groups -OCH3 is 1. The minimum atomic E-state index is -0.557. The molecule has 1 amide bonds. The lowest BCUT2D eigenvalue weighted by atomic mass is 9.95. The van der Waals surface area contributed by atoms with Crippen LogP contribution in [0.2, 0.25) is 5.02 Å². The maximum absolute atomic E-state index is 12.1. The van der Waals surface area contributed by atoms with Gasteiger partial charge in [-0.25, -0.2) is 0 Å². The summed E-state index contributed by atoms with van der Waals surface area (Å²) in [5.74, 6) is -0.0923. The molecule has 0 aliphatic rings. The van der Waals surface area contributed by atoms with E-state index in [1.807, 2.05) is 12.1 Å². The molecular formula is C19H15ClN4O2. The Morgan fingerprint density at radius 3 is 2.81 bits per heavy atom. The smallest absolute Gasteiger partial charge is 0.251 e. The third kappa shape index (κ3) is 2.30. The minimum absolute atomic E-state index is 0.339. The molecule has 7 heteroatoms. The van der Waals surface area contributed by atoms with E-state index in [2.05, 4.69) is 15.0 Å². The lowest BCUT2D eigenvalue weighted by Gasteiger charge is -2.15. The number of aryl methyl sites for hydroxylation is 1. The summed E-state index contributed by atoms with van der Waals surface area (Å²) < 4.78 is 5.57. The van der Waals surface area contributed by atoms with Gasteiger partial charge in [0.25, 0.3) is 5.91 Å². The highest BCUT2D eigenvalue weighted by molar-refractivity contribution is 6.35. The Kier molecular flexibility index (Phi) is 3.77. The molecular weight excluding hydrogens is 352 g/mol. The van der Waals surface area contributed by atoms with Crippen LogP contribution < -0.4 is 10.5 Å². The van der Waals surface area contributed by atoms with E-state index >= 15 is 0 Å². The third-order valence-electron chi connectivity index (χ3n) is 4.47. The number of hydrogen-bond donors (Lipinski definition) is 2. The second-order valence-electron chi connectivity index (χ2n) is 5.92. The molecule has 0 atom stereocenters. The number of nitrogens with zero attached hydrogens (tertiary/aromatic N) is 2. The summed E-state index contributed by atoms with van der Waals surface area (Å²) in [5, 5.41) is 2.33. The van der Waals surface area contributed by atoms with Crippen molar-refractivity contribution in [2.75, 3.05) is 7.11 Å². The average molecular weight is 367 g/mol. The van der Waals surface area contributed by atoms with Crippen molar-refractivity contribution in [3.63, 3.8) is 0 Å². The summed E-state index contributed by atoms with van der Waals surface area (Å²) in [4.78, 5) is 23.8. The van der Waals surface area contributed by atoms with Crippen molar-refractivity contribution in [1.82, 2.24) is 15.0 Å². The first kappa shape index (κ1) is 16.4. The van der Waals surface area contributed by atoms with Crippen molar-refractivity contribution in [3.8, 4) is 16.9 Å². The highest BCUT2D eigenvalue weighted by Gasteiger charge is 2.23. The number of nitrogens with one attached hydrogen (secondary N) is 1. The van der Waals surface area contributed by atoms with E-state index in [9.17, 15) is 4.79 Å². The van der Waals surface area contributed by atoms with Gasteiger partial charge in [0.15, 0.2) is 0 Å². The van der Waals surface area contributed by atoms with Crippen molar-refractivity contribution in [2.24, 2.45) is 5.73 Å². The highest BCUT2D eigenvalue weighted by Crippen LogP contribution is 2.45. The van der Waals surface area contributed by atoms with Crippen LogP contribution >= 0.6 is 11.6 Å². The third-order valence-corrected chi connectivity index (χ3v) is 4.75. The van der Waals surface area contributed by atoms with Gasteiger partial charge in [-0.2, -0.15) is 0 Å². The molecule has 26 heavy (non-hydrogen) atoms. The number of nitrogens with two attached hydrogens (primary N) is 1. The van der Waals surface area contributed by atoms with Gasteiger partial charge in [0.05, 0.1) is 46.2 Å². The number of pyridine rings is 2. The number of H-pyrrole nitrogens is 1. The Balaban J connectivity index is 2.22. The molecule has 0 radical (unpaired) electrons. The minimum Gasteiger partial charge on any atom is -0.494 e. The van der Waals surface area contributed by atoms with E-state index < -0.39 is 5.91 Å². The van der Waals surface area contributed by atoms with Gasteiger partial charge < -0.3 is 15.5 Å². The molecule has 0 aliphatic carbocycles. The fraction of sp³-hybridized carbons (Fsp3) is 0.105. The average Bonchev–Trinajstić information content (AvgIpc) is 2.98. The quantitative estimate of drug-likeness (QED) is 0.575. The number of carbonyl (C=O) groups is 1. The molecule has 6 nitrogen and oxygen atoms in total. The SMILES string of the molecule is COc1c(Cl)cc2c([nH]c3cnccc32)c1-c1ccnc(C)c1C(N)=O. The van der Waals surface area contributed by atoms with Crippen molar-refractivity contribution >= 4 is 39.3 Å². The number of amides is 1. The Labute approximate surface area is 154 Å². The molecule has 130 valence electrons. The molecule has 4 aromatic rings. The molecule has 0 saturated carbocycles. The zero-order valence-electron chi connectivity index (χ0n) is 14.1. The van der Waals surface area contributed by atoms with Gasteiger partial charge in [-0.1, -0.05) is 11.6 Å². The van der Waals surface area contributed by atoms with Crippen LogP contribution in [0.5, 0.6) is 5.75 Å². The summed E-state index contributed by atoms with van der Waals surface area (Å²) in [5.41, 5.74) is 9.46.